The molecule has 6 heteroatoms. The first kappa shape index (κ1) is 21.4. The maximum Gasteiger partial charge on any atom is 0.307 e. The summed E-state index contributed by atoms with van der Waals surface area (Å²) in [5, 5.41) is 0. The van der Waals surface area contributed by atoms with Gasteiger partial charge < -0.3 is 14.4 Å². The lowest BCUT2D eigenvalue weighted by molar-refractivity contribution is -0.142. The van der Waals surface area contributed by atoms with E-state index in [1.165, 1.54) is 19.2 Å². The number of carbonyl (C=O) groups is 2. The predicted molar refractivity (Wildman–Crippen MR) is 105 cm³/mol. The summed E-state index contributed by atoms with van der Waals surface area (Å²) in [6.07, 6.45) is 1.55. The van der Waals surface area contributed by atoms with Gasteiger partial charge in [0, 0.05) is 13.1 Å². The average Bonchev–Trinajstić information content (AvgIpc) is 2.73. The lowest BCUT2D eigenvalue weighted by Crippen LogP contribution is -2.38. The second-order valence-corrected chi connectivity index (χ2v) is 6.37. The van der Waals surface area contributed by atoms with E-state index < -0.39 is 0 Å². The van der Waals surface area contributed by atoms with E-state index in [4.69, 9.17) is 4.74 Å². The van der Waals surface area contributed by atoms with Crippen molar-refractivity contribution in [3.05, 3.63) is 65.5 Å². The topological polar surface area (TPSA) is 55.8 Å². The Morgan fingerprint density at radius 3 is 2.46 bits per heavy atom. The summed E-state index contributed by atoms with van der Waals surface area (Å²) in [5.74, 6) is -0.256. The van der Waals surface area contributed by atoms with Crippen LogP contribution in [0, 0.1) is 5.82 Å². The molecule has 0 fully saturated rings. The van der Waals surface area contributed by atoms with Crippen molar-refractivity contribution in [3.8, 4) is 5.75 Å². The molecule has 0 bridgehead atoms. The number of benzene rings is 2. The Hall–Kier alpha value is -2.89. The molecule has 5 nitrogen and oxygen atoms in total. The fourth-order valence-electron chi connectivity index (χ4n) is 2.70. The van der Waals surface area contributed by atoms with E-state index in [-0.39, 0.29) is 37.3 Å². The van der Waals surface area contributed by atoms with Gasteiger partial charge in [-0.05, 0) is 48.2 Å². The van der Waals surface area contributed by atoms with E-state index in [2.05, 4.69) is 4.74 Å². The van der Waals surface area contributed by atoms with Crippen molar-refractivity contribution in [3.63, 3.8) is 0 Å². The van der Waals surface area contributed by atoms with E-state index in [0.29, 0.717) is 18.7 Å². The number of ether oxygens (including phenoxy) is 2. The first-order valence-electron chi connectivity index (χ1n) is 9.32. The lowest BCUT2D eigenvalue weighted by Gasteiger charge is -2.22. The fourth-order valence-corrected chi connectivity index (χ4v) is 2.70. The highest BCUT2D eigenvalue weighted by atomic mass is 19.1. The Bertz CT molecular complexity index is 776. The SMILES string of the molecule is CCc1cccc(OCC(=O)N(CCC(=O)OC)CCc2ccc(F)cc2)c1. The molecule has 28 heavy (non-hydrogen) atoms. The number of methoxy groups -OCH3 is 1. The summed E-state index contributed by atoms with van der Waals surface area (Å²) in [7, 11) is 1.32. The molecule has 2 aromatic carbocycles. The minimum absolute atomic E-state index is 0.108. The molecule has 0 aliphatic carbocycles. The van der Waals surface area contributed by atoms with Gasteiger partial charge in [-0.15, -0.1) is 0 Å². The van der Waals surface area contributed by atoms with Crippen LogP contribution in [0.1, 0.15) is 24.5 Å². The van der Waals surface area contributed by atoms with Crippen molar-refractivity contribution >= 4 is 11.9 Å². The molecule has 0 radical (unpaired) electrons. The van der Waals surface area contributed by atoms with Crippen LogP contribution in [0.2, 0.25) is 0 Å². The second kappa shape index (κ2) is 11.1. The molecule has 150 valence electrons. The van der Waals surface area contributed by atoms with Crippen molar-refractivity contribution in [2.75, 3.05) is 26.8 Å². The third-order valence-corrected chi connectivity index (χ3v) is 4.42. The molecule has 0 unspecified atom stereocenters. The van der Waals surface area contributed by atoms with Crippen LogP contribution in [0.4, 0.5) is 4.39 Å². The van der Waals surface area contributed by atoms with Crippen LogP contribution in [0.5, 0.6) is 5.75 Å². The first-order valence-corrected chi connectivity index (χ1v) is 9.32. The van der Waals surface area contributed by atoms with Crippen LogP contribution in [0.15, 0.2) is 48.5 Å². The van der Waals surface area contributed by atoms with Gasteiger partial charge in [-0.2, -0.15) is 0 Å². The number of hydrogen-bond acceptors (Lipinski definition) is 4. The maximum absolute atomic E-state index is 13.0. The molecule has 0 aliphatic rings. The number of carbonyl (C=O) groups excluding carboxylic acids is 2. The summed E-state index contributed by atoms with van der Waals surface area (Å²) >= 11 is 0. The van der Waals surface area contributed by atoms with Crippen molar-refractivity contribution in [2.24, 2.45) is 0 Å². The molecule has 0 saturated carbocycles. The molecule has 0 atom stereocenters. The number of halogens is 1. The van der Waals surface area contributed by atoms with Gasteiger partial charge in [0.2, 0.25) is 0 Å². The highest BCUT2D eigenvalue weighted by molar-refractivity contribution is 5.78. The van der Waals surface area contributed by atoms with E-state index in [0.717, 1.165) is 17.5 Å². The standard InChI is InChI=1S/C22H26FNO4/c1-3-17-5-4-6-20(15-17)28-16-21(25)24(14-12-22(26)27-2)13-11-18-7-9-19(23)10-8-18/h4-10,15H,3,11-14,16H2,1-2H3. The Morgan fingerprint density at radius 2 is 1.79 bits per heavy atom. The Kier molecular flexibility index (Phi) is 8.46. The van der Waals surface area contributed by atoms with Crippen LogP contribution >= 0.6 is 0 Å². The Balaban J connectivity index is 1.96. The van der Waals surface area contributed by atoms with Crippen molar-refractivity contribution in [1.82, 2.24) is 4.90 Å². The number of amides is 1. The van der Waals surface area contributed by atoms with Gasteiger partial charge in [0.25, 0.3) is 5.91 Å². The molecule has 0 N–H and O–H groups in total. The van der Waals surface area contributed by atoms with Crippen LogP contribution in [0.25, 0.3) is 0 Å². The average molecular weight is 387 g/mol. The minimum atomic E-state index is -0.379. The van der Waals surface area contributed by atoms with Crippen molar-refractivity contribution < 1.29 is 23.5 Å². The molecule has 2 aromatic rings. The third-order valence-electron chi connectivity index (χ3n) is 4.42. The van der Waals surface area contributed by atoms with Gasteiger partial charge in [0.05, 0.1) is 13.5 Å². The zero-order valence-corrected chi connectivity index (χ0v) is 16.3. The highest BCUT2D eigenvalue weighted by Crippen LogP contribution is 2.14. The number of esters is 1. The molecule has 0 heterocycles. The smallest absolute Gasteiger partial charge is 0.307 e. The summed E-state index contributed by atoms with van der Waals surface area (Å²) in [6, 6.07) is 13.8. The minimum Gasteiger partial charge on any atom is -0.484 e. The molecule has 0 spiro atoms. The highest BCUT2D eigenvalue weighted by Gasteiger charge is 2.16. The van der Waals surface area contributed by atoms with E-state index in [9.17, 15) is 14.0 Å². The number of hydrogen-bond donors (Lipinski definition) is 0. The second-order valence-electron chi connectivity index (χ2n) is 6.37. The zero-order chi connectivity index (χ0) is 20.4. The normalized spacial score (nSPS) is 10.4. The van der Waals surface area contributed by atoms with E-state index in [1.807, 2.05) is 31.2 Å². The molecule has 0 aliphatic heterocycles. The molecular weight excluding hydrogens is 361 g/mol. The molecular formula is C22H26FNO4. The first-order chi connectivity index (χ1) is 13.5. The van der Waals surface area contributed by atoms with Gasteiger partial charge in [-0.1, -0.05) is 31.2 Å². The number of rotatable bonds is 10. The van der Waals surface area contributed by atoms with Gasteiger partial charge >= 0.3 is 5.97 Å². The van der Waals surface area contributed by atoms with Crippen molar-refractivity contribution in [1.29, 1.82) is 0 Å². The molecule has 0 saturated heterocycles. The maximum atomic E-state index is 13.0. The van der Waals surface area contributed by atoms with Crippen LogP contribution in [-0.2, 0) is 27.2 Å². The summed E-state index contributed by atoms with van der Waals surface area (Å²) in [4.78, 5) is 25.7. The summed E-state index contributed by atoms with van der Waals surface area (Å²) < 4.78 is 23.3. The van der Waals surface area contributed by atoms with Gasteiger partial charge in [0.15, 0.2) is 6.61 Å². The lowest BCUT2D eigenvalue weighted by atomic mass is 10.1. The molecule has 1 amide bonds. The predicted octanol–water partition coefficient (Wildman–Crippen LogP) is 3.40. The van der Waals surface area contributed by atoms with Gasteiger partial charge in [-0.3, -0.25) is 9.59 Å². The summed E-state index contributed by atoms with van der Waals surface area (Å²) in [5.41, 5.74) is 2.04. The van der Waals surface area contributed by atoms with Gasteiger partial charge in [0.1, 0.15) is 11.6 Å². The van der Waals surface area contributed by atoms with Crippen LogP contribution in [0.3, 0.4) is 0 Å². The van der Waals surface area contributed by atoms with Gasteiger partial charge in [-0.25, -0.2) is 4.39 Å². The zero-order valence-electron chi connectivity index (χ0n) is 16.3. The van der Waals surface area contributed by atoms with Crippen LogP contribution < -0.4 is 4.74 Å². The number of nitrogens with zero attached hydrogens (tertiary/aromatic N) is 1. The Morgan fingerprint density at radius 1 is 1.04 bits per heavy atom. The number of aryl methyl sites for hydroxylation is 1. The summed E-state index contributed by atoms with van der Waals surface area (Å²) in [6.45, 7) is 2.58. The third kappa shape index (κ3) is 7.02. The largest absolute Gasteiger partial charge is 0.484 e. The van der Waals surface area contributed by atoms with E-state index >= 15 is 0 Å². The molecule has 2 rings (SSSR count). The molecule has 0 aromatic heterocycles. The van der Waals surface area contributed by atoms with Crippen LogP contribution in [-0.4, -0.2) is 43.6 Å². The fraction of sp³-hybridized carbons (Fsp3) is 0.364. The Labute approximate surface area is 165 Å². The monoisotopic (exact) mass is 387 g/mol. The van der Waals surface area contributed by atoms with E-state index in [1.54, 1.807) is 17.0 Å². The van der Waals surface area contributed by atoms with Crippen molar-refractivity contribution in [2.45, 2.75) is 26.2 Å². The quantitative estimate of drug-likeness (QED) is 0.587.